The Bertz CT molecular complexity index is 626. The molecule has 0 N–H and O–H groups in total. The summed E-state index contributed by atoms with van der Waals surface area (Å²) in [6, 6.07) is 4.06. The Morgan fingerprint density at radius 2 is 1.41 bits per heavy atom. The van der Waals surface area contributed by atoms with Crippen molar-refractivity contribution in [2.24, 2.45) is 11.8 Å². The molecule has 3 heteroatoms. The second-order valence-electron chi connectivity index (χ2n) is 7.56. The SMILES string of the molecule is C=c1cc(OCC(CC)CCCC)/c(=C\Br)cc1OCC(CC)CCCC. The van der Waals surface area contributed by atoms with Gasteiger partial charge in [0.2, 0.25) is 0 Å². The van der Waals surface area contributed by atoms with Crippen molar-refractivity contribution >= 4 is 27.5 Å². The lowest BCUT2D eigenvalue weighted by molar-refractivity contribution is 0.225. The van der Waals surface area contributed by atoms with Gasteiger partial charge in [0.25, 0.3) is 0 Å². The van der Waals surface area contributed by atoms with E-state index in [-0.39, 0.29) is 0 Å². The van der Waals surface area contributed by atoms with Gasteiger partial charge in [0, 0.05) is 10.4 Å². The molecule has 0 aliphatic heterocycles. The third-order valence-electron chi connectivity index (χ3n) is 5.35. The van der Waals surface area contributed by atoms with E-state index in [0.717, 1.165) is 48.0 Å². The molecule has 0 aliphatic carbocycles. The number of rotatable bonds is 14. The lowest BCUT2D eigenvalue weighted by Crippen LogP contribution is -2.21. The molecular weight excluding hydrogens is 400 g/mol. The Morgan fingerprint density at radius 1 is 0.889 bits per heavy atom. The molecule has 0 amide bonds. The largest absolute Gasteiger partial charge is 0.493 e. The van der Waals surface area contributed by atoms with Gasteiger partial charge < -0.3 is 9.47 Å². The summed E-state index contributed by atoms with van der Waals surface area (Å²) in [5.74, 6) is 2.97. The third kappa shape index (κ3) is 8.72. The standard InChI is InChI=1S/C24H39BrO2/c1-6-10-12-20(8-3)17-26-23-15-22(16-25)24(14-19(23)5)27-18-21(9-4)13-11-7-2/h14-16,20-21H,5-13,17-18H2,1-4H3/b22-16-. The zero-order chi connectivity index (χ0) is 20.1. The molecule has 0 fully saturated rings. The average Bonchev–Trinajstić information content (AvgIpc) is 2.69. The Hall–Kier alpha value is -0.960. The lowest BCUT2D eigenvalue weighted by atomic mass is 10.0. The summed E-state index contributed by atoms with van der Waals surface area (Å²) in [7, 11) is 0. The van der Waals surface area contributed by atoms with Crippen molar-refractivity contribution in [1.29, 1.82) is 0 Å². The molecule has 0 aliphatic rings. The minimum atomic E-state index is 0.612. The maximum absolute atomic E-state index is 6.16. The molecular formula is C24H39BrO2. The molecule has 0 heterocycles. The van der Waals surface area contributed by atoms with Crippen molar-refractivity contribution in [1.82, 2.24) is 0 Å². The summed E-state index contributed by atoms with van der Waals surface area (Å²) >= 11 is 3.48. The summed E-state index contributed by atoms with van der Waals surface area (Å²) < 4.78 is 12.3. The summed E-state index contributed by atoms with van der Waals surface area (Å²) in [6.07, 6.45) is 9.78. The molecule has 0 saturated carbocycles. The first-order valence-electron chi connectivity index (χ1n) is 10.8. The molecule has 0 saturated heterocycles. The molecule has 0 aromatic heterocycles. The molecule has 0 bridgehead atoms. The van der Waals surface area contributed by atoms with Crippen molar-refractivity contribution in [3.63, 3.8) is 0 Å². The predicted octanol–water partition coefficient (Wildman–Crippen LogP) is 6.42. The van der Waals surface area contributed by atoms with Gasteiger partial charge in [0.15, 0.2) is 0 Å². The topological polar surface area (TPSA) is 18.5 Å². The molecule has 0 spiro atoms. The zero-order valence-corrected chi connectivity index (χ0v) is 19.4. The second-order valence-corrected chi connectivity index (χ2v) is 8.02. The van der Waals surface area contributed by atoms with Crippen LogP contribution in [0.1, 0.15) is 79.1 Å². The van der Waals surface area contributed by atoms with E-state index in [0.29, 0.717) is 11.8 Å². The van der Waals surface area contributed by atoms with Crippen LogP contribution in [0.2, 0.25) is 0 Å². The monoisotopic (exact) mass is 438 g/mol. The van der Waals surface area contributed by atoms with Crippen molar-refractivity contribution < 1.29 is 9.47 Å². The van der Waals surface area contributed by atoms with E-state index >= 15 is 0 Å². The molecule has 2 nitrogen and oxygen atoms in total. The first kappa shape index (κ1) is 24.1. The van der Waals surface area contributed by atoms with Crippen LogP contribution in [0.3, 0.4) is 0 Å². The number of hydrogen-bond acceptors (Lipinski definition) is 2. The minimum absolute atomic E-state index is 0.612. The molecule has 2 atom stereocenters. The molecule has 154 valence electrons. The van der Waals surface area contributed by atoms with Crippen LogP contribution < -0.4 is 19.9 Å². The Balaban J connectivity index is 2.78. The lowest BCUT2D eigenvalue weighted by Gasteiger charge is -2.18. The van der Waals surface area contributed by atoms with E-state index in [9.17, 15) is 0 Å². The second kappa shape index (κ2) is 14.1. The van der Waals surface area contributed by atoms with Crippen LogP contribution in [0, 0.1) is 11.8 Å². The van der Waals surface area contributed by atoms with Gasteiger partial charge in [-0.25, -0.2) is 0 Å². The fourth-order valence-electron chi connectivity index (χ4n) is 3.17. The van der Waals surface area contributed by atoms with Crippen LogP contribution in [0.5, 0.6) is 11.5 Å². The van der Waals surface area contributed by atoms with Gasteiger partial charge in [-0.3, -0.25) is 0 Å². The average molecular weight is 439 g/mol. The van der Waals surface area contributed by atoms with Gasteiger partial charge in [-0.1, -0.05) is 88.7 Å². The Kier molecular flexibility index (Phi) is 12.6. The van der Waals surface area contributed by atoms with E-state index in [1.807, 2.05) is 17.1 Å². The van der Waals surface area contributed by atoms with Crippen LogP contribution in [-0.2, 0) is 0 Å². The smallest absolute Gasteiger partial charge is 0.127 e. The van der Waals surface area contributed by atoms with Crippen molar-refractivity contribution in [2.75, 3.05) is 13.2 Å². The number of halogens is 1. The summed E-state index contributed by atoms with van der Waals surface area (Å²) in [5.41, 5.74) is 0. The van der Waals surface area contributed by atoms with E-state index in [1.165, 1.54) is 38.5 Å². The van der Waals surface area contributed by atoms with Crippen LogP contribution in [0.15, 0.2) is 12.1 Å². The maximum Gasteiger partial charge on any atom is 0.127 e. The highest BCUT2D eigenvalue weighted by molar-refractivity contribution is 9.14. The number of hydrogen-bond donors (Lipinski definition) is 0. The van der Waals surface area contributed by atoms with Crippen LogP contribution in [0.25, 0.3) is 11.6 Å². The fraction of sp³-hybridized carbons (Fsp3) is 0.667. The summed E-state index contributed by atoms with van der Waals surface area (Å²) in [4.78, 5) is 1.91. The highest BCUT2D eigenvalue weighted by Crippen LogP contribution is 2.17. The predicted molar refractivity (Wildman–Crippen MR) is 122 cm³/mol. The minimum Gasteiger partial charge on any atom is -0.493 e. The number of benzene rings is 1. The first-order valence-corrected chi connectivity index (χ1v) is 11.7. The third-order valence-corrected chi connectivity index (χ3v) is 5.84. The van der Waals surface area contributed by atoms with Gasteiger partial charge in [-0.05, 0) is 41.8 Å². The van der Waals surface area contributed by atoms with E-state index in [2.05, 4.69) is 50.2 Å². The van der Waals surface area contributed by atoms with Crippen molar-refractivity contribution in [2.45, 2.75) is 79.1 Å². The zero-order valence-electron chi connectivity index (χ0n) is 17.9. The van der Waals surface area contributed by atoms with E-state index in [1.54, 1.807) is 0 Å². The molecule has 1 aromatic rings. The molecule has 27 heavy (non-hydrogen) atoms. The van der Waals surface area contributed by atoms with Crippen LogP contribution in [0.4, 0.5) is 0 Å². The first-order chi connectivity index (χ1) is 13.1. The molecule has 1 aromatic carbocycles. The molecule has 2 unspecified atom stereocenters. The number of unbranched alkanes of at least 4 members (excludes halogenated alkanes) is 2. The number of ether oxygens (including phenoxy) is 2. The van der Waals surface area contributed by atoms with Crippen LogP contribution >= 0.6 is 15.9 Å². The van der Waals surface area contributed by atoms with Crippen LogP contribution in [-0.4, -0.2) is 13.2 Å². The fourth-order valence-corrected chi connectivity index (χ4v) is 3.53. The quantitative estimate of drug-likeness (QED) is 0.333. The van der Waals surface area contributed by atoms with Gasteiger partial charge in [0.05, 0.1) is 13.2 Å². The van der Waals surface area contributed by atoms with Gasteiger partial charge in [-0.2, -0.15) is 0 Å². The van der Waals surface area contributed by atoms with E-state index in [4.69, 9.17) is 9.47 Å². The highest BCUT2D eigenvalue weighted by atomic mass is 79.9. The Morgan fingerprint density at radius 3 is 1.85 bits per heavy atom. The normalized spacial score (nSPS) is 14.2. The Labute approximate surface area is 175 Å². The van der Waals surface area contributed by atoms with Gasteiger partial charge in [-0.15, -0.1) is 0 Å². The summed E-state index contributed by atoms with van der Waals surface area (Å²) in [5, 5.41) is 1.92. The van der Waals surface area contributed by atoms with Gasteiger partial charge in [0.1, 0.15) is 11.5 Å². The van der Waals surface area contributed by atoms with Crippen molar-refractivity contribution in [3.8, 4) is 11.5 Å². The summed E-state index contributed by atoms with van der Waals surface area (Å²) in [6.45, 7) is 14.7. The molecule has 1 rings (SSSR count). The highest BCUT2D eigenvalue weighted by Gasteiger charge is 2.11. The van der Waals surface area contributed by atoms with Crippen molar-refractivity contribution in [3.05, 3.63) is 22.6 Å². The maximum atomic E-state index is 6.16. The van der Waals surface area contributed by atoms with E-state index < -0.39 is 0 Å². The molecule has 0 radical (unpaired) electrons. The van der Waals surface area contributed by atoms with Gasteiger partial charge >= 0.3 is 0 Å².